The summed E-state index contributed by atoms with van der Waals surface area (Å²) in [6.45, 7) is 11.6. The molecule has 0 saturated heterocycles. The minimum atomic E-state index is -0.524. The lowest BCUT2D eigenvalue weighted by Gasteiger charge is -2.25. The molecule has 0 unspecified atom stereocenters. The molecule has 0 amide bonds. The van der Waals surface area contributed by atoms with Crippen LogP contribution < -0.4 is 5.32 Å². The molecule has 1 rings (SSSR count). The van der Waals surface area contributed by atoms with E-state index >= 15 is 0 Å². The zero-order valence-corrected chi connectivity index (χ0v) is 12.9. The standard InChI is InChI=1S/C15H26N2O2/c1-14(2,3)16-10-12-8-7-9-17(12)11-15(4,5)13(18)19-6/h7-9,16H,10-11H2,1-6H3. The van der Waals surface area contributed by atoms with Gasteiger partial charge in [0.05, 0.1) is 12.5 Å². The first-order valence-corrected chi connectivity index (χ1v) is 6.63. The Morgan fingerprint density at radius 2 is 1.95 bits per heavy atom. The number of carbonyl (C=O) groups excluding carboxylic acids is 1. The van der Waals surface area contributed by atoms with E-state index < -0.39 is 5.41 Å². The highest BCUT2D eigenvalue weighted by Gasteiger charge is 2.29. The first-order chi connectivity index (χ1) is 8.65. The Morgan fingerprint density at radius 1 is 1.32 bits per heavy atom. The van der Waals surface area contributed by atoms with Crippen molar-refractivity contribution in [3.05, 3.63) is 24.0 Å². The lowest BCUT2D eigenvalue weighted by Crippen LogP contribution is -2.36. The molecule has 0 saturated carbocycles. The second-order valence-electron chi connectivity index (χ2n) is 6.61. The Hall–Kier alpha value is -1.29. The average Bonchev–Trinajstić information content (AvgIpc) is 2.71. The van der Waals surface area contributed by atoms with Crippen LogP contribution in [0.25, 0.3) is 0 Å². The highest BCUT2D eigenvalue weighted by atomic mass is 16.5. The van der Waals surface area contributed by atoms with Crippen molar-refractivity contribution in [2.75, 3.05) is 7.11 Å². The summed E-state index contributed by atoms with van der Waals surface area (Å²) in [4.78, 5) is 11.7. The lowest BCUT2D eigenvalue weighted by atomic mass is 9.93. The molecule has 0 atom stereocenters. The van der Waals surface area contributed by atoms with Crippen molar-refractivity contribution >= 4 is 5.97 Å². The molecule has 4 heteroatoms. The van der Waals surface area contributed by atoms with Gasteiger partial charge < -0.3 is 14.6 Å². The second-order valence-corrected chi connectivity index (χ2v) is 6.61. The van der Waals surface area contributed by atoms with Gasteiger partial charge in [-0.1, -0.05) is 0 Å². The van der Waals surface area contributed by atoms with Gasteiger partial charge in [0.15, 0.2) is 0 Å². The fourth-order valence-corrected chi connectivity index (χ4v) is 1.89. The molecule has 4 nitrogen and oxygen atoms in total. The molecular formula is C15H26N2O2. The number of carbonyl (C=O) groups is 1. The number of nitrogens with one attached hydrogen (secondary N) is 1. The van der Waals surface area contributed by atoms with Crippen LogP contribution in [0, 0.1) is 5.41 Å². The molecule has 0 spiro atoms. The number of rotatable bonds is 5. The molecule has 0 bridgehead atoms. The van der Waals surface area contributed by atoms with Crippen molar-refractivity contribution < 1.29 is 9.53 Å². The maximum atomic E-state index is 11.7. The molecule has 0 aliphatic carbocycles. The van der Waals surface area contributed by atoms with Crippen LogP contribution in [0.3, 0.4) is 0 Å². The average molecular weight is 266 g/mol. The van der Waals surface area contributed by atoms with E-state index in [4.69, 9.17) is 4.74 Å². The maximum absolute atomic E-state index is 11.7. The summed E-state index contributed by atoms with van der Waals surface area (Å²) in [6.07, 6.45) is 2.00. The molecule has 19 heavy (non-hydrogen) atoms. The Kier molecular flexibility index (Phi) is 4.80. The van der Waals surface area contributed by atoms with E-state index in [-0.39, 0.29) is 11.5 Å². The van der Waals surface area contributed by atoms with Gasteiger partial charge in [-0.15, -0.1) is 0 Å². The summed E-state index contributed by atoms with van der Waals surface area (Å²) in [7, 11) is 1.43. The predicted molar refractivity (Wildman–Crippen MR) is 76.8 cm³/mol. The number of methoxy groups -OCH3 is 1. The quantitative estimate of drug-likeness (QED) is 0.833. The highest BCUT2D eigenvalue weighted by molar-refractivity contribution is 5.75. The summed E-state index contributed by atoms with van der Waals surface area (Å²) in [6, 6.07) is 4.08. The third-order valence-electron chi connectivity index (χ3n) is 3.03. The number of hydrogen-bond donors (Lipinski definition) is 1. The molecule has 0 aliphatic rings. The Morgan fingerprint density at radius 3 is 2.47 bits per heavy atom. The zero-order valence-electron chi connectivity index (χ0n) is 12.9. The first kappa shape index (κ1) is 15.8. The SMILES string of the molecule is COC(=O)C(C)(C)Cn1cccc1CNC(C)(C)C. The first-order valence-electron chi connectivity index (χ1n) is 6.63. The summed E-state index contributed by atoms with van der Waals surface area (Å²) < 4.78 is 6.96. The van der Waals surface area contributed by atoms with E-state index in [1.165, 1.54) is 12.8 Å². The van der Waals surface area contributed by atoms with Gasteiger partial charge in [0.1, 0.15) is 0 Å². The number of hydrogen-bond acceptors (Lipinski definition) is 3. The van der Waals surface area contributed by atoms with Crippen LogP contribution >= 0.6 is 0 Å². The summed E-state index contributed by atoms with van der Waals surface area (Å²) in [5.74, 6) is -0.184. The van der Waals surface area contributed by atoms with Crippen molar-refractivity contribution in [1.29, 1.82) is 0 Å². The summed E-state index contributed by atoms with van der Waals surface area (Å²) >= 11 is 0. The Balaban J connectivity index is 2.75. The smallest absolute Gasteiger partial charge is 0.313 e. The molecule has 1 heterocycles. The van der Waals surface area contributed by atoms with E-state index in [0.29, 0.717) is 6.54 Å². The highest BCUT2D eigenvalue weighted by Crippen LogP contribution is 2.21. The fourth-order valence-electron chi connectivity index (χ4n) is 1.89. The van der Waals surface area contributed by atoms with E-state index in [1.54, 1.807) is 0 Å². The minimum absolute atomic E-state index is 0.0764. The molecule has 0 aliphatic heterocycles. The van der Waals surface area contributed by atoms with Crippen LogP contribution in [0.5, 0.6) is 0 Å². The van der Waals surface area contributed by atoms with Gasteiger partial charge in [0.2, 0.25) is 0 Å². The maximum Gasteiger partial charge on any atom is 0.313 e. The van der Waals surface area contributed by atoms with Crippen LogP contribution in [0.15, 0.2) is 18.3 Å². The van der Waals surface area contributed by atoms with Crippen molar-refractivity contribution in [2.45, 2.75) is 53.2 Å². The molecule has 108 valence electrons. The Bertz CT molecular complexity index is 428. The number of aromatic nitrogens is 1. The van der Waals surface area contributed by atoms with E-state index in [9.17, 15) is 4.79 Å². The van der Waals surface area contributed by atoms with Crippen LogP contribution in [0.4, 0.5) is 0 Å². The van der Waals surface area contributed by atoms with Gasteiger partial charge in [-0.2, -0.15) is 0 Å². The molecule has 0 aromatic carbocycles. The molecule has 1 aromatic heterocycles. The van der Waals surface area contributed by atoms with Gasteiger partial charge in [-0.25, -0.2) is 0 Å². The number of ether oxygens (including phenoxy) is 1. The monoisotopic (exact) mass is 266 g/mol. The van der Waals surface area contributed by atoms with E-state index in [0.717, 1.165) is 6.54 Å². The molecule has 1 N–H and O–H groups in total. The van der Waals surface area contributed by atoms with Crippen molar-refractivity contribution in [3.63, 3.8) is 0 Å². The third kappa shape index (κ3) is 4.71. The van der Waals surface area contributed by atoms with Crippen molar-refractivity contribution in [1.82, 2.24) is 9.88 Å². The van der Waals surface area contributed by atoms with Gasteiger partial charge in [-0.05, 0) is 46.8 Å². The van der Waals surface area contributed by atoms with Gasteiger partial charge in [-0.3, -0.25) is 4.79 Å². The largest absolute Gasteiger partial charge is 0.469 e. The molecule has 0 radical (unpaired) electrons. The third-order valence-corrected chi connectivity index (χ3v) is 3.03. The van der Waals surface area contributed by atoms with Gasteiger partial charge in [0, 0.05) is 30.5 Å². The fraction of sp³-hybridized carbons (Fsp3) is 0.667. The van der Waals surface area contributed by atoms with Gasteiger partial charge in [0.25, 0.3) is 0 Å². The van der Waals surface area contributed by atoms with Crippen LogP contribution in [-0.2, 0) is 22.6 Å². The minimum Gasteiger partial charge on any atom is -0.469 e. The number of nitrogens with zero attached hydrogens (tertiary/aromatic N) is 1. The van der Waals surface area contributed by atoms with E-state index in [2.05, 4.69) is 36.7 Å². The summed E-state index contributed by atoms with van der Waals surface area (Å²) in [5.41, 5.74) is 0.726. The lowest BCUT2D eigenvalue weighted by molar-refractivity contribution is -0.151. The van der Waals surface area contributed by atoms with Crippen LogP contribution in [-0.4, -0.2) is 23.2 Å². The van der Waals surface area contributed by atoms with Crippen LogP contribution in [0.1, 0.15) is 40.3 Å². The normalized spacial score (nSPS) is 12.5. The predicted octanol–water partition coefficient (Wildman–Crippen LogP) is 2.58. The van der Waals surface area contributed by atoms with Crippen molar-refractivity contribution in [3.8, 4) is 0 Å². The van der Waals surface area contributed by atoms with Crippen LogP contribution in [0.2, 0.25) is 0 Å². The van der Waals surface area contributed by atoms with Crippen molar-refractivity contribution in [2.24, 2.45) is 5.41 Å². The van der Waals surface area contributed by atoms with Gasteiger partial charge >= 0.3 is 5.97 Å². The zero-order chi connectivity index (χ0) is 14.7. The second kappa shape index (κ2) is 5.78. The molecule has 0 fully saturated rings. The molecule has 1 aromatic rings. The van der Waals surface area contributed by atoms with E-state index in [1.807, 2.05) is 26.1 Å². The Labute approximate surface area is 116 Å². The topological polar surface area (TPSA) is 43.3 Å². The summed E-state index contributed by atoms with van der Waals surface area (Å²) in [5, 5.41) is 3.46. The molecular weight excluding hydrogens is 240 g/mol. The number of esters is 1.